The largest absolute Gasteiger partial charge is 0.465 e. The first kappa shape index (κ1) is 14.5. The van der Waals surface area contributed by atoms with Crippen molar-refractivity contribution in [3.63, 3.8) is 0 Å². The Morgan fingerprint density at radius 2 is 2.14 bits per heavy atom. The third-order valence-corrected chi connectivity index (χ3v) is 3.43. The third kappa shape index (κ3) is 3.08. The number of halogens is 1. The first-order valence-electron chi connectivity index (χ1n) is 6.42. The molecule has 0 radical (unpaired) electrons. The van der Waals surface area contributed by atoms with Gasteiger partial charge in [-0.25, -0.2) is 5.10 Å². The minimum absolute atomic E-state index is 0.387. The van der Waals surface area contributed by atoms with E-state index < -0.39 is 0 Å². The van der Waals surface area contributed by atoms with Crippen molar-refractivity contribution < 1.29 is 4.42 Å². The first-order valence-corrected chi connectivity index (χ1v) is 7.21. The second-order valence-corrected chi connectivity index (χ2v) is 5.08. The summed E-state index contributed by atoms with van der Waals surface area (Å²) >= 11 is 11.4. The van der Waals surface area contributed by atoms with Gasteiger partial charge in [0.2, 0.25) is 4.77 Å². The highest BCUT2D eigenvalue weighted by molar-refractivity contribution is 7.71. The molecule has 0 fully saturated rings. The minimum atomic E-state index is 0.387. The van der Waals surface area contributed by atoms with E-state index in [0.717, 1.165) is 11.3 Å². The molecule has 0 bridgehead atoms. The van der Waals surface area contributed by atoms with Crippen LogP contribution in [-0.2, 0) is 0 Å². The quantitative estimate of drug-likeness (QED) is 0.569. The predicted molar refractivity (Wildman–Crippen MR) is 89.5 cm³/mol. The second-order valence-electron chi connectivity index (χ2n) is 4.28. The molecular weight excluding hydrogens is 320 g/mol. The summed E-state index contributed by atoms with van der Waals surface area (Å²) in [5.74, 6) is 1.30. The van der Waals surface area contributed by atoms with Crippen LogP contribution >= 0.6 is 23.8 Å². The van der Waals surface area contributed by atoms with Crippen LogP contribution in [0.4, 0.5) is 0 Å². The number of benzene rings is 1. The zero-order valence-electron chi connectivity index (χ0n) is 11.3. The normalized spacial score (nSPS) is 11.7. The number of furan rings is 1. The molecule has 0 aliphatic rings. The fourth-order valence-corrected chi connectivity index (χ4v) is 2.24. The highest BCUT2D eigenvalue weighted by Crippen LogP contribution is 2.25. The third-order valence-electron chi connectivity index (χ3n) is 2.84. The van der Waals surface area contributed by atoms with Crippen molar-refractivity contribution in [2.45, 2.75) is 0 Å². The fourth-order valence-electron chi connectivity index (χ4n) is 1.84. The van der Waals surface area contributed by atoms with Crippen molar-refractivity contribution in [1.82, 2.24) is 14.9 Å². The standard InChI is InChI=1S/C15H11ClN4OS/c16-13-8-2-1-7-12(13)14-18-19-15(22)20(14)17-9-3-5-11-6-4-10-21-11/h1-10H,(H,19,22)/b5-3+,17-9+. The number of allylic oxidation sites excluding steroid dienone is 1. The Morgan fingerprint density at radius 3 is 2.91 bits per heavy atom. The van der Waals surface area contributed by atoms with E-state index >= 15 is 0 Å². The summed E-state index contributed by atoms with van der Waals surface area (Å²) in [6, 6.07) is 11.1. The number of hydrogen-bond donors (Lipinski definition) is 1. The van der Waals surface area contributed by atoms with Gasteiger partial charge < -0.3 is 4.42 Å². The maximum atomic E-state index is 6.19. The lowest BCUT2D eigenvalue weighted by Gasteiger charge is -2.02. The van der Waals surface area contributed by atoms with Crippen LogP contribution in [0.25, 0.3) is 17.5 Å². The molecule has 0 saturated heterocycles. The van der Waals surface area contributed by atoms with Crippen molar-refractivity contribution in [3.05, 3.63) is 64.3 Å². The van der Waals surface area contributed by atoms with Gasteiger partial charge in [-0.2, -0.15) is 14.9 Å². The molecule has 1 aromatic carbocycles. The van der Waals surface area contributed by atoms with E-state index in [1.54, 1.807) is 30.7 Å². The number of aromatic amines is 1. The Bertz CT molecular complexity index is 877. The van der Waals surface area contributed by atoms with Gasteiger partial charge >= 0.3 is 0 Å². The molecule has 2 heterocycles. The molecule has 3 rings (SSSR count). The summed E-state index contributed by atoms with van der Waals surface area (Å²) < 4.78 is 7.09. The molecule has 0 unspecified atom stereocenters. The van der Waals surface area contributed by atoms with Gasteiger partial charge in [-0.1, -0.05) is 23.7 Å². The molecule has 3 aromatic rings. The molecule has 22 heavy (non-hydrogen) atoms. The topological polar surface area (TPSA) is 59.1 Å². The lowest BCUT2D eigenvalue weighted by molar-refractivity contribution is 0.557. The Labute approximate surface area is 136 Å². The molecule has 2 aromatic heterocycles. The van der Waals surface area contributed by atoms with Crippen LogP contribution in [0.2, 0.25) is 5.02 Å². The zero-order valence-corrected chi connectivity index (χ0v) is 12.9. The molecule has 0 spiro atoms. The van der Waals surface area contributed by atoms with Crippen molar-refractivity contribution in [1.29, 1.82) is 0 Å². The molecule has 110 valence electrons. The van der Waals surface area contributed by atoms with Crippen molar-refractivity contribution in [2.75, 3.05) is 0 Å². The maximum Gasteiger partial charge on any atom is 0.216 e. The smallest absolute Gasteiger partial charge is 0.216 e. The first-order chi connectivity index (χ1) is 10.8. The summed E-state index contributed by atoms with van der Waals surface area (Å²) in [4.78, 5) is 0. The lowest BCUT2D eigenvalue weighted by atomic mass is 10.2. The maximum absolute atomic E-state index is 6.19. The van der Waals surface area contributed by atoms with Crippen LogP contribution < -0.4 is 0 Å². The van der Waals surface area contributed by atoms with Gasteiger partial charge in [0.25, 0.3) is 0 Å². The number of hydrogen-bond acceptors (Lipinski definition) is 4. The molecule has 7 heteroatoms. The Hall–Kier alpha value is -2.44. The van der Waals surface area contributed by atoms with E-state index in [2.05, 4.69) is 15.3 Å². The molecule has 1 N–H and O–H groups in total. The van der Waals surface area contributed by atoms with Gasteiger partial charge in [-0.15, -0.1) is 0 Å². The Kier molecular flexibility index (Phi) is 4.32. The van der Waals surface area contributed by atoms with Crippen LogP contribution in [0, 0.1) is 4.77 Å². The van der Waals surface area contributed by atoms with E-state index in [9.17, 15) is 0 Å². The van der Waals surface area contributed by atoms with E-state index in [1.807, 2.05) is 30.3 Å². The van der Waals surface area contributed by atoms with Gasteiger partial charge in [0.05, 0.1) is 11.3 Å². The Balaban J connectivity index is 1.90. The molecule has 0 amide bonds. The summed E-state index contributed by atoms with van der Waals surface area (Å²) in [6.07, 6.45) is 6.76. The number of rotatable bonds is 4. The SMILES string of the molecule is S=c1[nH]nc(-c2ccccc2Cl)n1/N=C/C=C/c1ccco1. The predicted octanol–water partition coefficient (Wildman–Crippen LogP) is 4.40. The highest BCUT2D eigenvalue weighted by Gasteiger charge is 2.10. The molecule has 5 nitrogen and oxygen atoms in total. The van der Waals surface area contributed by atoms with Gasteiger partial charge in [0.1, 0.15) is 5.76 Å². The number of nitrogens with zero attached hydrogens (tertiary/aromatic N) is 3. The van der Waals surface area contributed by atoms with E-state index in [-0.39, 0.29) is 0 Å². The van der Waals surface area contributed by atoms with Crippen LogP contribution in [0.15, 0.2) is 58.3 Å². The van der Waals surface area contributed by atoms with Gasteiger partial charge in [0, 0.05) is 11.8 Å². The summed E-state index contributed by atoms with van der Waals surface area (Å²) in [7, 11) is 0. The summed E-state index contributed by atoms with van der Waals surface area (Å²) in [6.45, 7) is 0. The summed E-state index contributed by atoms with van der Waals surface area (Å²) in [5, 5.41) is 11.8. The zero-order chi connectivity index (χ0) is 15.4. The van der Waals surface area contributed by atoms with Crippen molar-refractivity contribution in [2.24, 2.45) is 5.10 Å². The van der Waals surface area contributed by atoms with Crippen molar-refractivity contribution >= 4 is 36.1 Å². The molecule has 0 aliphatic carbocycles. The second kappa shape index (κ2) is 6.55. The van der Waals surface area contributed by atoms with Crippen LogP contribution in [0.5, 0.6) is 0 Å². The lowest BCUT2D eigenvalue weighted by Crippen LogP contribution is -1.94. The van der Waals surface area contributed by atoms with E-state index in [0.29, 0.717) is 15.6 Å². The van der Waals surface area contributed by atoms with Crippen LogP contribution in [-0.4, -0.2) is 21.1 Å². The average molecular weight is 331 g/mol. The van der Waals surface area contributed by atoms with E-state index in [1.165, 1.54) is 4.68 Å². The van der Waals surface area contributed by atoms with Gasteiger partial charge in [-0.3, -0.25) is 0 Å². The highest BCUT2D eigenvalue weighted by atomic mass is 35.5. The molecule has 0 aliphatic heterocycles. The van der Waals surface area contributed by atoms with Crippen LogP contribution in [0.1, 0.15) is 5.76 Å². The molecule has 0 saturated carbocycles. The fraction of sp³-hybridized carbons (Fsp3) is 0. The summed E-state index contributed by atoms with van der Waals surface area (Å²) in [5.41, 5.74) is 0.753. The molecular formula is C15H11ClN4OS. The van der Waals surface area contributed by atoms with E-state index in [4.69, 9.17) is 28.2 Å². The number of H-pyrrole nitrogens is 1. The number of aromatic nitrogens is 3. The minimum Gasteiger partial charge on any atom is -0.465 e. The van der Waals surface area contributed by atoms with Crippen LogP contribution in [0.3, 0.4) is 0 Å². The van der Waals surface area contributed by atoms with Gasteiger partial charge in [0.15, 0.2) is 5.82 Å². The average Bonchev–Trinajstić information content (AvgIpc) is 3.15. The number of nitrogens with one attached hydrogen (secondary N) is 1. The monoisotopic (exact) mass is 330 g/mol. The molecule has 0 atom stereocenters. The Morgan fingerprint density at radius 1 is 1.27 bits per heavy atom. The van der Waals surface area contributed by atoms with Crippen molar-refractivity contribution in [3.8, 4) is 11.4 Å². The van der Waals surface area contributed by atoms with Gasteiger partial charge in [-0.05, 0) is 48.6 Å².